The molecule has 5 heteroatoms. The third-order valence-electron chi connectivity index (χ3n) is 3.41. The lowest BCUT2D eigenvalue weighted by Gasteiger charge is -2.16. The van der Waals surface area contributed by atoms with Gasteiger partial charge in [-0.1, -0.05) is 30.3 Å². The predicted octanol–water partition coefficient (Wildman–Crippen LogP) is 2.18. The van der Waals surface area contributed by atoms with E-state index in [1.807, 2.05) is 31.2 Å². The minimum absolute atomic E-state index is 0.257. The van der Waals surface area contributed by atoms with Gasteiger partial charge in [0, 0.05) is 6.54 Å². The lowest BCUT2D eigenvalue weighted by atomic mass is 10.1. The number of benzene rings is 1. The van der Waals surface area contributed by atoms with Crippen molar-refractivity contribution in [3.63, 3.8) is 0 Å². The molecule has 0 aromatic heterocycles. The van der Waals surface area contributed by atoms with Gasteiger partial charge in [-0.3, -0.25) is 4.79 Å². The summed E-state index contributed by atoms with van der Waals surface area (Å²) in [5, 5.41) is 2.77. The molecular weight excluding hydrogens is 294 g/mol. The summed E-state index contributed by atoms with van der Waals surface area (Å²) in [5.41, 5.74) is 2.37. The summed E-state index contributed by atoms with van der Waals surface area (Å²) in [6, 6.07) is 8.02. The molecule has 1 aromatic carbocycles. The molecule has 0 saturated heterocycles. The number of hydrogen-bond donors (Lipinski definition) is 1. The summed E-state index contributed by atoms with van der Waals surface area (Å²) < 4.78 is 10.2. The Morgan fingerprint density at radius 2 is 1.96 bits per heavy atom. The Bertz CT molecular complexity index is 542. The molecule has 0 bridgehead atoms. The molecule has 0 aliphatic carbocycles. The van der Waals surface area contributed by atoms with E-state index in [1.165, 1.54) is 11.1 Å². The van der Waals surface area contributed by atoms with Crippen molar-refractivity contribution in [1.82, 2.24) is 5.32 Å². The number of ether oxygens (including phenoxy) is 2. The standard InChI is InChI=1S/C18H25NO4/c1-5-12-22-15(4)18(21)23-14(3)17(20)19-11-10-16-9-7-6-8-13(16)2/h5-9,14-15H,1,10-12H2,2-4H3,(H,19,20). The van der Waals surface area contributed by atoms with Gasteiger partial charge in [-0.2, -0.15) is 0 Å². The smallest absolute Gasteiger partial charge is 0.335 e. The van der Waals surface area contributed by atoms with E-state index in [0.29, 0.717) is 6.54 Å². The fraction of sp³-hybridized carbons (Fsp3) is 0.444. The normalized spacial score (nSPS) is 13.0. The lowest BCUT2D eigenvalue weighted by Crippen LogP contribution is -2.39. The number of amides is 1. The molecular formula is C18H25NO4. The van der Waals surface area contributed by atoms with Gasteiger partial charge in [0.05, 0.1) is 6.61 Å². The van der Waals surface area contributed by atoms with Crippen LogP contribution in [-0.4, -0.2) is 37.2 Å². The number of nitrogens with one attached hydrogen (secondary N) is 1. The Labute approximate surface area is 137 Å². The van der Waals surface area contributed by atoms with Gasteiger partial charge in [0.1, 0.15) is 0 Å². The van der Waals surface area contributed by atoms with Crippen LogP contribution >= 0.6 is 0 Å². The second-order valence-corrected chi connectivity index (χ2v) is 5.31. The largest absolute Gasteiger partial charge is 0.451 e. The molecule has 0 spiro atoms. The summed E-state index contributed by atoms with van der Waals surface area (Å²) in [6.07, 6.45) is 0.702. The first-order valence-electron chi connectivity index (χ1n) is 7.71. The molecule has 0 saturated carbocycles. The molecule has 1 rings (SSSR count). The first kappa shape index (κ1) is 18.9. The molecule has 2 atom stereocenters. The fourth-order valence-electron chi connectivity index (χ4n) is 1.96. The Hall–Kier alpha value is -2.14. The van der Waals surface area contributed by atoms with Crippen molar-refractivity contribution >= 4 is 11.9 Å². The van der Waals surface area contributed by atoms with Crippen LogP contribution < -0.4 is 5.32 Å². The van der Waals surface area contributed by atoms with Crippen molar-refractivity contribution in [1.29, 1.82) is 0 Å². The average Bonchev–Trinajstić information content (AvgIpc) is 2.54. The molecule has 2 unspecified atom stereocenters. The third-order valence-corrected chi connectivity index (χ3v) is 3.41. The van der Waals surface area contributed by atoms with Crippen LogP contribution in [0.3, 0.4) is 0 Å². The minimum Gasteiger partial charge on any atom is -0.451 e. The number of aryl methyl sites for hydroxylation is 1. The van der Waals surface area contributed by atoms with Gasteiger partial charge in [0.2, 0.25) is 0 Å². The summed E-state index contributed by atoms with van der Waals surface area (Å²) in [4.78, 5) is 23.7. The lowest BCUT2D eigenvalue weighted by molar-refractivity contribution is -0.164. The van der Waals surface area contributed by atoms with Crippen LogP contribution in [0.5, 0.6) is 0 Å². The zero-order valence-corrected chi connectivity index (χ0v) is 14.0. The van der Waals surface area contributed by atoms with Crippen molar-refractivity contribution in [3.8, 4) is 0 Å². The monoisotopic (exact) mass is 319 g/mol. The maximum Gasteiger partial charge on any atom is 0.335 e. The van der Waals surface area contributed by atoms with E-state index in [4.69, 9.17) is 9.47 Å². The van der Waals surface area contributed by atoms with Crippen molar-refractivity contribution in [3.05, 3.63) is 48.0 Å². The molecule has 0 radical (unpaired) electrons. The van der Waals surface area contributed by atoms with Crippen LogP contribution in [0.25, 0.3) is 0 Å². The van der Waals surface area contributed by atoms with Crippen LogP contribution in [-0.2, 0) is 25.5 Å². The Morgan fingerprint density at radius 1 is 1.26 bits per heavy atom. The first-order valence-corrected chi connectivity index (χ1v) is 7.71. The van der Waals surface area contributed by atoms with Crippen molar-refractivity contribution in [2.45, 2.75) is 39.4 Å². The number of rotatable bonds is 9. The van der Waals surface area contributed by atoms with E-state index in [9.17, 15) is 9.59 Å². The van der Waals surface area contributed by atoms with Crippen molar-refractivity contribution < 1.29 is 19.1 Å². The minimum atomic E-state index is -0.853. The molecule has 126 valence electrons. The molecule has 0 aliphatic rings. The maximum atomic E-state index is 11.9. The van der Waals surface area contributed by atoms with Gasteiger partial charge < -0.3 is 14.8 Å². The van der Waals surface area contributed by atoms with Gasteiger partial charge in [-0.25, -0.2) is 4.79 Å². The first-order chi connectivity index (χ1) is 11.0. The molecule has 0 heterocycles. The summed E-state index contributed by atoms with van der Waals surface area (Å²) in [5.74, 6) is -0.878. The summed E-state index contributed by atoms with van der Waals surface area (Å²) in [6.45, 7) is 9.41. The van der Waals surface area contributed by atoms with E-state index in [0.717, 1.165) is 6.42 Å². The Balaban J connectivity index is 2.35. The molecule has 0 aliphatic heterocycles. The van der Waals surface area contributed by atoms with Gasteiger partial charge in [-0.05, 0) is 38.3 Å². The zero-order chi connectivity index (χ0) is 17.2. The highest BCUT2D eigenvalue weighted by Crippen LogP contribution is 2.07. The van der Waals surface area contributed by atoms with E-state index in [2.05, 4.69) is 11.9 Å². The van der Waals surface area contributed by atoms with Crippen LogP contribution in [0.1, 0.15) is 25.0 Å². The third kappa shape index (κ3) is 6.65. The number of carbonyl (C=O) groups is 2. The zero-order valence-electron chi connectivity index (χ0n) is 14.0. The van der Waals surface area contributed by atoms with Crippen LogP contribution in [0.4, 0.5) is 0 Å². The Kier molecular flexibility index (Phi) is 8.05. The van der Waals surface area contributed by atoms with Gasteiger partial charge in [0.25, 0.3) is 5.91 Å². The predicted molar refractivity (Wildman–Crippen MR) is 89.1 cm³/mol. The Morgan fingerprint density at radius 3 is 2.61 bits per heavy atom. The van der Waals surface area contributed by atoms with Gasteiger partial charge >= 0.3 is 5.97 Å². The number of esters is 1. The topological polar surface area (TPSA) is 64.6 Å². The van der Waals surface area contributed by atoms with Gasteiger partial charge in [-0.15, -0.1) is 6.58 Å². The van der Waals surface area contributed by atoms with E-state index >= 15 is 0 Å². The highest BCUT2D eigenvalue weighted by atomic mass is 16.6. The molecule has 1 aromatic rings. The maximum absolute atomic E-state index is 11.9. The quantitative estimate of drug-likeness (QED) is 0.560. The molecule has 1 amide bonds. The molecule has 23 heavy (non-hydrogen) atoms. The SMILES string of the molecule is C=CCOC(C)C(=O)OC(C)C(=O)NCCc1ccccc1C. The number of carbonyl (C=O) groups excluding carboxylic acids is 2. The highest BCUT2D eigenvalue weighted by molar-refractivity contribution is 5.84. The van der Waals surface area contributed by atoms with E-state index < -0.39 is 18.2 Å². The van der Waals surface area contributed by atoms with Crippen LogP contribution in [0.15, 0.2) is 36.9 Å². The molecule has 0 fully saturated rings. The summed E-state index contributed by atoms with van der Waals surface area (Å²) in [7, 11) is 0. The summed E-state index contributed by atoms with van der Waals surface area (Å²) >= 11 is 0. The molecule has 1 N–H and O–H groups in total. The van der Waals surface area contributed by atoms with Crippen molar-refractivity contribution in [2.24, 2.45) is 0 Å². The highest BCUT2D eigenvalue weighted by Gasteiger charge is 2.21. The second-order valence-electron chi connectivity index (χ2n) is 5.31. The van der Waals surface area contributed by atoms with E-state index in [1.54, 1.807) is 19.9 Å². The number of hydrogen-bond acceptors (Lipinski definition) is 4. The fourth-order valence-corrected chi connectivity index (χ4v) is 1.96. The average molecular weight is 319 g/mol. The van der Waals surface area contributed by atoms with Gasteiger partial charge in [0.15, 0.2) is 12.2 Å². The van der Waals surface area contributed by atoms with E-state index in [-0.39, 0.29) is 12.5 Å². The van der Waals surface area contributed by atoms with Crippen molar-refractivity contribution in [2.75, 3.05) is 13.2 Å². The molecule has 5 nitrogen and oxygen atoms in total. The van der Waals surface area contributed by atoms with Crippen LogP contribution in [0.2, 0.25) is 0 Å². The second kappa shape index (κ2) is 9.79. The van der Waals surface area contributed by atoms with Crippen LogP contribution in [0, 0.1) is 6.92 Å².